The molecule has 1 fully saturated rings. The maximum absolute atomic E-state index is 11.2. The summed E-state index contributed by atoms with van der Waals surface area (Å²) in [7, 11) is 3.02. The van der Waals surface area contributed by atoms with E-state index in [-0.39, 0.29) is 16.4 Å². The Bertz CT molecular complexity index is 172. The minimum Gasteiger partial charge on any atom is -0.468 e. The van der Waals surface area contributed by atoms with Crippen LogP contribution in [-0.2, 0) is 14.3 Å². The molecule has 12 heavy (non-hydrogen) atoms. The highest BCUT2D eigenvalue weighted by Gasteiger charge is 2.47. The van der Waals surface area contributed by atoms with Crippen LogP contribution in [0.5, 0.6) is 0 Å². The van der Waals surface area contributed by atoms with Crippen molar-refractivity contribution in [2.45, 2.75) is 29.7 Å². The molecule has 0 spiro atoms. The molecule has 1 rings (SSSR count). The van der Waals surface area contributed by atoms with Crippen molar-refractivity contribution in [1.82, 2.24) is 0 Å². The Morgan fingerprint density at radius 3 is 2.33 bits per heavy atom. The number of carbonyl (C=O) groups excluding carboxylic acids is 1. The highest BCUT2D eigenvalue weighted by Crippen LogP contribution is 2.41. The summed E-state index contributed by atoms with van der Waals surface area (Å²) in [5, 5.41) is 0. The minimum absolute atomic E-state index is 0.253. The second kappa shape index (κ2) is 3.75. The van der Waals surface area contributed by atoms with Crippen LogP contribution in [0.2, 0.25) is 0 Å². The van der Waals surface area contributed by atoms with E-state index in [1.54, 1.807) is 7.11 Å². The van der Waals surface area contributed by atoms with Gasteiger partial charge in [-0.2, -0.15) is 0 Å². The van der Waals surface area contributed by atoms with E-state index in [1.165, 1.54) is 7.11 Å². The van der Waals surface area contributed by atoms with Gasteiger partial charge in [0.15, 0.2) is 0 Å². The van der Waals surface area contributed by atoms with Crippen molar-refractivity contribution in [2.24, 2.45) is 0 Å². The van der Waals surface area contributed by atoms with Crippen LogP contribution in [0.3, 0.4) is 0 Å². The van der Waals surface area contributed by atoms with Gasteiger partial charge in [-0.15, -0.1) is 0 Å². The lowest BCUT2D eigenvalue weighted by Crippen LogP contribution is -2.50. The normalized spacial score (nSPS) is 22.6. The Morgan fingerprint density at radius 1 is 1.50 bits per heavy atom. The maximum atomic E-state index is 11.2. The number of ether oxygens (including phenoxy) is 2. The van der Waals surface area contributed by atoms with Crippen LogP contribution in [-0.4, -0.2) is 30.6 Å². The summed E-state index contributed by atoms with van der Waals surface area (Å²) < 4.78 is 9.94. The zero-order chi connectivity index (χ0) is 9.19. The smallest absolute Gasteiger partial charge is 0.322 e. The van der Waals surface area contributed by atoms with E-state index in [1.807, 2.05) is 0 Å². The average molecular weight is 237 g/mol. The number of methoxy groups -OCH3 is 2. The Morgan fingerprint density at radius 2 is 2.08 bits per heavy atom. The molecule has 0 aromatic carbocycles. The van der Waals surface area contributed by atoms with Crippen LogP contribution in [0.15, 0.2) is 0 Å². The van der Waals surface area contributed by atoms with Gasteiger partial charge in [0, 0.05) is 7.11 Å². The summed E-state index contributed by atoms with van der Waals surface area (Å²) in [4.78, 5) is 10.8. The molecule has 4 heteroatoms. The van der Waals surface area contributed by atoms with Crippen molar-refractivity contribution in [1.29, 1.82) is 0 Å². The number of halogens is 1. The molecular weight excluding hydrogens is 224 g/mol. The first-order valence-electron chi connectivity index (χ1n) is 3.93. The van der Waals surface area contributed by atoms with Crippen molar-refractivity contribution in [3.63, 3.8) is 0 Å². The monoisotopic (exact) mass is 236 g/mol. The lowest BCUT2D eigenvalue weighted by Gasteiger charge is -2.42. The summed E-state index contributed by atoms with van der Waals surface area (Å²) in [6.07, 6.45) is 2.97. The van der Waals surface area contributed by atoms with Gasteiger partial charge < -0.3 is 9.47 Å². The van der Waals surface area contributed by atoms with Gasteiger partial charge in [0.25, 0.3) is 0 Å². The lowest BCUT2D eigenvalue weighted by molar-refractivity contribution is -0.151. The summed E-state index contributed by atoms with van der Waals surface area (Å²) in [5.74, 6) is -0.253. The summed E-state index contributed by atoms with van der Waals surface area (Å²) in [6, 6.07) is 0. The summed E-state index contributed by atoms with van der Waals surface area (Å²) in [6.45, 7) is 0. The Balaban J connectivity index is 2.59. The van der Waals surface area contributed by atoms with Gasteiger partial charge in [-0.1, -0.05) is 15.9 Å². The molecule has 0 aliphatic heterocycles. The second-order valence-corrected chi connectivity index (χ2v) is 3.92. The molecule has 0 N–H and O–H groups in total. The van der Waals surface area contributed by atoms with E-state index < -0.39 is 0 Å². The first kappa shape index (κ1) is 9.99. The van der Waals surface area contributed by atoms with Crippen LogP contribution in [0.1, 0.15) is 19.3 Å². The molecule has 1 aliphatic carbocycles. The van der Waals surface area contributed by atoms with Gasteiger partial charge in [0.1, 0.15) is 4.83 Å². The van der Waals surface area contributed by atoms with Gasteiger partial charge in [-0.3, -0.25) is 4.79 Å². The fraction of sp³-hybridized carbons (Fsp3) is 0.875. The average Bonchev–Trinajstić information content (AvgIpc) is 2.02. The highest BCUT2D eigenvalue weighted by atomic mass is 79.9. The van der Waals surface area contributed by atoms with Gasteiger partial charge in [-0.05, 0) is 19.3 Å². The molecule has 70 valence electrons. The predicted molar refractivity (Wildman–Crippen MR) is 48.3 cm³/mol. The van der Waals surface area contributed by atoms with Crippen molar-refractivity contribution < 1.29 is 14.3 Å². The summed E-state index contributed by atoms with van der Waals surface area (Å²) >= 11 is 3.30. The molecule has 0 saturated heterocycles. The predicted octanol–water partition coefficient (Wildman–Crippen LogP) is 1.49. The molecule has 1 atom stereocenters. The zero-order valence-corrected chi connectivity index (χ0v) is 8.89. The SMILES string of the molecule is COC(=O)[C@H](Br)C1(OC)CCC1. The fourth-order valence-corrected chi connectivity index (χ4v) is 2.24. The number of carbonyl (C=O) groups is 1. The van der Waals surface area contributed by atoms with Crippen LogP contribution in [0.25, 0.3) is 0 Å². The highest BCUT2D eigenvalue weighted by molar-refractivity contribution is 9.10. The molecule has 0 heterocycles. The van der Waals surface area contributed by atoms with Crippen LogP contribution < -0.4 is 0 Å². The van der Waals surface area contributed by atoms with Crippen LogP contribution in [0, 0.1) is 0 Å². The molecule has 0 radical (unpaired) electrons. The van der Waals surface area contributed by atoms with Gasteiger partial charge in [-0.25, -0.2) is 0 Å². The Labute approximate surface area is 80.5 Å². The molecule has 0 aromatic heterocycles. The quantitative estimate of drug-likeness (QED) is 0.551. The Kier molecular flexibility index (Phi) is 3.12. The fourth-order valence-electron chi connectivity index (χ4n) is 1.40. The molecule has 0 amide bonds. The number of rotatable bonds is 3. The van der Waals surface area contributed by atoms with E-state index in [0.29, 0.717) is 0 Å². The summed E-state index contributed by atoms with van der Waals surface area (Å²) in [5.41, 5.74) is -0.312. The first-order valence-corrected chi connectivity index (χ1v) is 4.85. The van der Waals surface area contributed by atoms with Gasteiger partial charge in [0.05, 0.1) is 12.7 Å². The molecule has 1 aliphatic rings. The molecule has 1 saturated carbocycles. The topological polar surface area (TPSA) is 35.5 Å². The maximum Gasteiger partial charge on any atom is 0.322 e. The number of hydrogen-bond acceptors (Lipinski definition) is 3. The van der Waals surface area contributed by atoms with E-state index in [4.69, 9.17) is 4.74 Å². The van der Waals surface area contributed by atoms with Crippen molar-refractivity contribution in [2.75, 3.05) is 14.2 Å². The van der Waals surface area contributed by atoms with Crippen LogP contribution >= 0.6 is 15.9 Å². The van der Waals surface area contributed by atoms with Crippen LogP contribution in [0.4, 0.5) is 0 Å². The molecule has 0 aromatic rings. The third-order valence-corrected chi connectivity index (χ3v) is 3.68. The van der Waals surface area contributed by atoms with Gasteiger partial charge in [0.2, 0.25) is 0 Å². The zero-order valence-electron chi connectivity index (χ0n) is 7.30. The largest absolute Gasteiger partial charge is 0.468 e. The van der Waals surface area contributed by atoms with E-state index >= 15 is 0 Å². The van der Waals surface area contributed by atoms with E-state index in [2.05, 4.69) is 20.7 Å². The molecular formula is C8H13BrO3. The minimum atomic E-state index is -0.325. The molecule has 3 nitrogen and oxygen atoms in total. The van der Waals surface area contributed by atoms with Crippen molar-refractivity contribution >= 4 is 21.9 Å². The van der Waals surface area contributed by atoms with E-state index in [0.717, 1.165) is 19.3 Å². The Hall–Kier alpha value is -0.0900. The molecule has 0 bridgehead atoms. The second-order valence-electron chi connectivity index (χ2n) is 3.01. The molecule has 0 unspecified atom stereocenters. The standard InChI is InChI=1S/C8H13BrO3/c1-11-7(10)6(9)8(12-2)4-3-5-8/h6H,3-5H2,1-2H3/t6-/m0/s1. The first-order chi connectivity index (χ1) is 5.66. The number of hydrogen-bond donors (Lipinski definition) is 0. The third-order valence-electron chi connectivity index (χ3n) is 2.48. The van der Waals surface area contributed by atoms with Crippen molar-refractivity contribution in [3.05, 3.63) is 0 Å². The van der Waals surface area contributed by atoms with Crippen molar-refractivity contribution in [3.8, 4) is 0 Å². The third kappa shape index (κ3) is 1.50. The van der Waals surface area contributed by atoms with Gasteiger partial charge >= 0.3 is 5.97 Å². The number of alkyl halides is 1. The van der Waals surface area contributed by atoms with E-state index in [9.17, 15) is 4.79 Å². The number of esters is 1. The lowest BCUT2D eigenvalue weighted by atomic mass is 9.77.